The predicted molar refractivity (Wildman–Crippen MR) is 97.9 cm³/mol. The average Bonchev–Trinajstić information content (AvgIpc) is 2.51. The van der Waals surface area contributed by atoms with E-state index < -0.39 is 0 Å². The van der Waals surface area contributed by atoms with Gasteiger partial charge in [0.25, 0.3) is 0 Å². The fourth-order valence-electron chi connectivity index (χ4n) is 2.76. The summed E-state index contributed by atoms with van der Waals surface area (Å²) in [5.41, 5.74) is 0. The van der Waals surface area contributed by atoms with Crippen LogP contribution in [0.25, 0.3) is 0 Å². The molecule has 0 saturated heterocycles. The molecule has 1 atom stereocenters. The molecule has 0 aliphatic rings. The van der Waals surface area contributed by atoms with E-state index in [0.29, 0.717) is 12.5 Å². The summed E-state index contributed by atoms with van der Waals surface area (Å²) >= 11 is 0. The van der Waals surface area contributed by atoms with E-state index >= 15 is 0 Å². The van der Waals surface area contributed by atoms with Crippen molar-refractivity contribution in [3.8, 4) is 0 Å². The van der Waals surface area contributed by atoms with Gasteiger partial charge in [0.15, 0.2) is 0 Å². The zero-order valence-electron chi connectivity index (χ0n) is 15.7. The summed E-state index contributed by atoms with van der Waals surface area (Å²) in [7, 11) is 0. The van der Waals surface area contributed by atoms with Gasteiger partial charge in [-0.3, -0.25) is 4.79 Å². The second-order valence-electron chi connectivity index (χ2n) is 6.43. The number of unbranched alkanes of at least 4 members (excludes halogenated alkanes) is 8. The van der Waals surface area contributed by atoms with Gasteiger partial charge in [0.2, 0.25) is 0 Å². The van der Waals surface area contributed by atoms with Gasteiger partial charge in [-0.1, -0.05) is 78.1 Å². The van der Waals surface area contributed by atoms with Gasteiger partial charge in [-0.05, 0) is 18.8 Å². The summed E-state index contributed by atoms with van der Waals surface area (Å²) < 4.78 is 5.30. The SMILES string of the molecule is CCCCCCCCC(CCCCCC)COC(=O)CCO.N. The maximum Gasteiger partial charge on any atom is 0.308 e. The molecular formula is C19H41NO3. The highest BCUT2D eigenvalue weighted by Gasteiger charge is 2.11. The molecule has 0 amide bonds. The molecule has 0 aliphatic carbocycles. The highest BCUT2D eigenvalue weighted by Crippen LogP contribution is 2.19. The molecule has 0 heterocycles. The molecule has 0 saturated carbocycles. The van der Waals surface area contributed by atoms with Crippen LogP contribution in [0, 0.1) is 5.92 Å². The number of hydrogen-bond acceptors (Lipinski definition) is 4. The summed E-state index contributed by atoms with van der Waals surface area (Å²) in [5, 5.41) is 8.75. The first-order chi connectivity index (χ1) is 10.7. The minimum Gasteiger partial charge on any atom is -0.465 e. The van der Waals surface area contributed by atoms with Gasteiger partial charge in [-0.2, -0.15) is 0 Å². The first-order valence-electron chi connectivity index (χ1n) is 9.51. The van der Waals surface area contributed by atoms with E-state index in [1.165, 1.54) is 77.0 Å². The molecule has 4 N–H and O–H groups in total. The molecule has 0 fully saturated rings. The Morgan fingerprint density at radius 2 is 1.35 bits per heavy atom. The van der Waals surface area contributed by atoms with Crippen molar-refractivity contribution in [2.75, 3.05) is 13.2 Å². The topological polar surface area (TPSA) is 81.5 Å². The Kier molecular flexibility index (Phi) is 20.8. The van der Waals surface area contributed by atoms with Crippen LogP contribution in [-0.2, 0) is 9.53 Å². The molecule has 23 heavy (non-hydrogen) atoms. The normalized spacial score (nSPS) is 11.8. The van der Waals surface area contributed by atoms with E-state index in [-0.39, 0.29) is 25.1 Å². The third-order valence-corrected chi connectivity index (χ3v) is 4.23. The van der Waals surface area contributed by atoms with E-state index in [9.17, 15) is 4.79 Å². The van der Waals surface area contributed by atoms with Crippen molar-refractivity contribution in [2.24, 2.45) is 5.92 Å². The fraction of sp³-hybridized carbons (Fsp3) is 0.947. The van der Waals surface area contributed by atoms with E-state index in [1.807, 2.05) is 0 Å². The number of aliphatic hydroxyl groups excluding tert-OH is 1. The highest BCUT2D eigenvalue weighted by molar-refractivity contribution is 5.69. The van der Waals surface area contributed by atoms with Gasteiger partial charge in [0.05, 0.1) is 19.6 Å². The van der Waals surface area contributed by atoms with Gasteiger partial charge in [-0.15, -0.1) is 0 Å². The van der Waals surface area contributed by atoms with Crippen molar-refractivity contribution in [1.82, 2.24) is 6.15 Å². The molecule has 0 aromatic rings. The molecule has 140 valence electrons. The summed E-state index contributed by atoms with van der Waals surface area (Å²) in [6.45, 7) is 4.90. The third kappa shape index (κ3) is 17.6. The van der Waals surface area contributed by atoms with Gasteiger partial charge < -0.3 is 16.0 Å². The Hall–Kier alpha value is -0.610. The van der Waals surface area contributed by atoms with Crippen molar-refractivity contribution >= 4 is 5.97 Å². The summed E-state index contributed by atoms with van der Waals surface area (Å²) in [6.07, 6.45) is 15.4. The monoisotopic (exact) mass is 331 g/mol. The predicted octanol–water partition coefficient (Wildman–Crippen LogP) is 5.41. The first-order valence-corrected chi connectivity index (χ1v) is 9.51. The van der Waals surface area contributed by atoms with Crippen molar-refractivity contribution in [2.45, 2.75) is 97.3 Å². The zero-order valence-corrected chi connectivity index (χ0v) is 15.7. The lowest BCUT2D eigenvalue weighted by molar-refractivity contribution is -0.145. The number of hydrogen-bond donors (Lipinski definition) is 2. The van der Waals surface area contributed by atoms with E-state index in [1.54, 1.807) is 0 Å². The number of esters is 1. The van der Waals surface area contributed by atoms with Gasteiger partial charge in [0.1, 0.15) is 0 Å². The van der Waals surface area contributed by atoms with Crippen molar-refractivity contribution < 1.29 is 14.6 Å². The third-order valence-electron chi connectivity index (χ3n) is 4.23. The Morgan fingerprint density at radius 3 is 1.87 bits per heavy atom. The number of aliphatic hydroxyl groups is 1. The largest absolute Gasteiger partial charge is 0.465 e. The molecule has 4 nitrogen and oxygen atoms in total. The van der Waals surface area contributed by atoms with Crippen LogP contribution in [0.15, 0.2) is 0 Å². The Balaban J connectivity index is 0. The lowest BCUT2D eigenvalue weighted by Crippen LogP contribution is -2.15. The molecule has 1 unspecified atom stereocenters. The van der Waals surface area contributed by atoms with Crippen molar-refractivity contribution in [3.05, 3.63) is 0 Å². The standard InChI is InChI=1S/C19H38O3.H3N/c1-3-5-7-9-10-12-14-18(13-11-8-6-4-2)17-22-19(21)15-16-20;/h18,20H,3-17H2,1-2H3;1H3. The van der Waals surface area contributed by atoms with Crippen molar-refractivity contribution in [3.63, 3.8) is 0 Å². The smallest absolute Gasteiger partial charge is 0.308 e. The van der Waals surface area contributed by atoms with Crippen LogP contribution in [0.4, 0.5) is 0 Å². The van der Waals surface area contributed by atoms with Crippen molar-refractivity contribution in [1.29, 1.82) is 0 Å². The quantitative estimate of drug-likeness (QED) is 0.292. The number of rotatable bonds is 16. The maximum atomic E-state index is 11.4. The summed E-state index contributed by atoms with van der Waals surface area (Å²) in [4.78, 5) is 11.4. The zero-order chi connectivity index (χ0) is 16.5. The molecule has 0 aliphatic heterocycles. The Morgan fingerprint density at radius 1 is 0.870 bits per heavy atom. The fourth-order valence-corrected chi connectivity index (χ4v) is 2.76. The van der Waals surface area contributed by atoms with Gasteiger partial charge in [-0.25, -0.2) is 0 Å². The summed E-state index contributed by atoms with van der Waals surface area (Å²) in [5.74, 6) is 0.245. The molecule has 4 heteroatoms. The molecule has 0 spiro atoms. The Bertz CT molecular complexity index is 247. The molecule has 0 aromatic heterocycles. The van der Waals surface area contributed by atoms with Crippen LogP contribution in [0.1, 0.15) is 97.3 Å². The minimum absolute atomic E-state index is 0. The van der Waals surface area contributed by atoms with E-state index in [4.69, 9.17) is 9.84 Å². The van der Waals surface area contributed by atoms with Crippen LogP contribution in [0.2, 0.25) is 0 Å². The Labute approximate surface area is 144 Å². The molecule has 0 aromatic carbocycles. The van der Waals surface area contributed by atoms with Crippen LogP contribution in [-0.4, -0.2) is 24.3 Å². The molecule has 0 rings (SSSR count). The molecular weight excluding hydrogens is 290 g/mol. The van der Waals surface area contributed by atoms with E-state index in [2.05, 4.69) is 13.8 Å². The second kappa shape index (κ2) is 19.4. The molecule has 0 radical (unpaired) electrons. The number of carbonyl (C=O) groups is 1. The van der Waals surface area contributed by atoms with E-state index in [0.717, 1.165) is 0 Å². The van der Waals surface area contributed by atoms with Crippen LogP contribution in [0.5, 0.6) is 0 Å². The first kappa shape index (κ1) is 24.6. The van der Waals surface area contributed by atoms with Gasteiger partial charge in [0, 0.05) is 0 Å². The van der Waals surface area contributed by atoms with Crippen LogP contribution >= 0.6 is 0 Å². The maximum absolute atomic E-state index is 11.4. The van der Waals surface area contributed by atoms with Crippen LogP contribution in [0.3, 0.4) is 0 Å². The molecule has 0 bridgehead atoms. The number of ether oxygens (including phenoxy) is 1. The lowest BCUT2D eigenvalue weighted by Gasteiger charge is -2.17. The van der Waals surface area contributed by atoms with Crippen LogP contribution < -0.4 is 6.15 Å². The summed E-state index contributed by atoms with van der Waals surface area (Å²) in [6, 6.07) is 0. The lowest BCUT2D eigenvalue weighted by atomic mass is 9.95. The van der Waals surface area contributed by atoms with Gasteiger partial charge >= 0.3 is 5.97 Å². The number of carbonyl (C=O) groups excluding carboxylic acids is 1. The second-order valence-corrected chi connectivity index (χ2v) is 6.43. The highest BCUT2D eigenvalue weighted by atomic mass is 16.5. The average molecular weight is 332 g/mol. The minimum atomic E-state index is -0.260.